The topological polar surface area (TPSA) is 70.7 Å². The number of carbonyl (C=O) groups excluding carboxylic acids is 2. The molecular formula is C24H27N3O3S. The number of ether oxygens (including phenoxy) is 1. The van der Waals surface area contributed by atoms with Gasteiger partial charge in [-0.1, -0.05) is 42.1 Å². The van der Waals surface area contributed by atoms with Crippen LogP contribution < -0.4 is 15.4 Å². The highest BCUT2D eigenvalue weighted by molar-refractivity contribution is 8.15. The Hall–Kier alpha value is -2.51. The summed E-state index contributed by atoms with van der Waals surface area (Å²) in [7, 11) is 0. The van der Waals surface area contributed by atoms with Gasteiger partial charge in [-0.25, -0.2) is 0 Å². The Morgan fingerprint density at radius 1 is 1.06 bits per heavy atom. The van der Waals surface area contributed by atoms with Gasteiger partial charge in [0.25, 0.3) is 5.24 Å². The first-order chi connectivity index (χ1) is 15.2. The Balaban J connectivity index is 1.15. The van der Waals surface area contributed by atoms with E-state index in [9.17, 15) is 9.59 Å². The van der Waals surface area contributed by atoms with Crippen molar-refractivity contribution in [2.45, 2.75) is 49.6 Å². The number of thioether (sulfide) groups is 1. The molecule has 3 aliphatic heterocycles. The maximum atomic E-state index is 11.7. The normalized spacial score (nSPS) is 25.7. The number of hydrogen-bond donors (Lipinski definition) is 2. The van der Waals surface area contributed by atoms with Gasteiger partial charge in [-0.15, -0.1) is 0 Å². The summed E-state index contributed by atoms with van der Waals surface area (Å²) in [5.74, 6) is 0.646. The SMILES string of the molecule is O=C1NC(=O)C(Cc2ccc(OC[C@@H]3CCCN3C3CCc4ccccc4N3)cc2)S1. The standard InChI is InChI=1S/C24H27N3O3S/c28-23-21(31-24(29)26-23)14-16-7-10-19(11-8-16)30-15-18-5-3-13-27(18)22-12-9-17-4-1-2-6-20(17)25-22/h1-2,4,6-8,10-11,18,21-22,25H,3,5,9,12-15H2,(H,26,28,29)/t18-,21?,22?/m0/s1. The van der Waals surface area contributed by atoms with Crippen LogP contribution in [0.2, 0.25) is 0 Å². The zero-order valence-corrected chi connectivity index (χ0v) is 18.2. The molecular weight excluding hydrogens is 410 g/mol. The molecule has 2 fully saturated rings. The Bertz CT molecular complexity index is 965. The smallest absolute Gasteiger partial charge is 0.286 e. The molecule has 0 aromatic heterocycles. The molecule has 7 heteroatoms. The molecule has 0 aliphatic carbocycles. The zero-order valence-electron chi connectivity index (χ0n) is 17.4. The molecule has 2 aromatic carbocycles. The predicted octanol–water partition coefficient (Wildman–Crippen LogP) is 3.81. The van der Waals surface area contributed by atoms with E-state index in [0.717, 1.165) is 48.9 Å². The second kappa shape index (κ2) is 8.93. The molecule has 162 valence electrons. The molecule has 31 heavy (non-hydrogen) atoms. The van der Waals surface area contributed by atoms with Gasteiger partial charge in [-0.3, -0.25) is 19.8 Å². The fraction of sp³-hybridized carbons (Fsp3) is 0.417. The molecule has 6 nitrogen and oxygen atoms in total. The van der Waals surface area contributed by atoms with Crippen molar-refractivity contribution in [3.8, 4) is 5.75 Å². The average molecular weight is 438 g/mol. The quantitative estimate of drug-likeness (QED) is 0.716. The lowest BCUT2D eigenvalue weighted by molar-refractivity contribution is -0.118. The van der Waals surface area contributed by atoms with E-state index in [1.807, 2.05) is 24.3 Å². The summed E-state index contributed by atoms with van der Waals surface area (Å²) >= 11 is 1.07. The largest absolute Gasteiger partial charge is 0.492 e. The van der Waals surface area contributed by atoms with Crippen molar-refractivity contribution < 1.29 is 14.3 Å². The van der Waals surface area contributed by atoms with Gasteiger partial charge in [0.1, 0.15) is 12.4 Å². The van der Waals surface area contributed by atoms with Crippen molar-refractivity contribution in [3.05, 3.63) is 59.7 Å². The molecule has 0 saturated carbocycles. The van der Waals surface area contributed by atoms with Crippen molar-refractivity contribution in [3.63, 3.8) is 0 Å². The molecule has 2 unspecified atom stereocenters. The molecule has 2 saturated heterocycles. The number of nitrogens with one attached hydrogen (secondary N) is 2. The van der Waals surface area contributed by atoms with Crippen LogP contribution in [0, 0.1) is 0 Å². The number of aryl methyl sites for hydroxylation is 1. The fourth-order valence-electron chi connectivity index (χ4n) is 4.77. The molecule has 3 atom stereocenters. The maximum absolute atomic E-state index is 11.7. The second-order valence-electron chi connectivity index (χ2n) is 8.43. The number of anilines is 1. The number of fused-ring (bicyclic) bond motifs is 1. The van der Waals surface area contributed by atoms with E-state index >= 15 is 0 Å². The first kappa shape index (κ1) is 20.4. The van der Waals surface area contributed by atoms with Crippen molar-refractivity contribution in [2.24, 2.45) is 0 Å². The summed E-state index contributed by atoms with van der Waals surface area (Å²) < 4.78 is 6.14. The molecule has 3 heterocycles. The van der Waals surface area contributed by atoms with Crippen LogP contribution in [0.15, 0.2) is 48.5 Å². The first-order valence-electron chi connectivity index (χ1n) is 11.0. The lowest BCUT2D eigenvalue weighted by Crippen LogP contribution is -2.47. The van der Waals surface area contributed by atoms with E-state index in [2.05, 4.69) is 39.8 Å². The van der Waals surface area contributed by atoms with E-state index < -0.39 is 0 Å². The van der Waals surface area contributed by atoms with Gasteiger partial charge in [0.05, 0.1) is 11.4 Å². The maximum Gasteiger partial charge on any atom is 0.286 e. The van der Waals surface area contributed by atoms with Gasteiger partial charge in [0, 0.05) is 18.3 Å². The van der Waals surface area contributed by atoms with Gasteiger partial charge in [0.2, 0.25) is 5.91 Å². The van der Waals surface area contributed by atoms with Crippen LogP contribution in [0.5, 0.6) is 5.75 Å². The van der Waals surface area contributed by atoms with Crippen LogP contribution in [0.1, 0.15) is 30.4 Å². The summed E-state index contributed by atoms with van der Waals surface area (Å²) in [5, 5.41) is 5.47. The zero-order chi connectivity index (χ0) is 21.2. The number of carbonyl (C=O) groups is 2. The summed E-state index contributed by atoms with van der Waals surface area (Å²) in [6.45, 7) is 1.78. The summed E-state index contributed by atoms with van der Waals surface area (Å²) in [6.07, 6.45) is 5.51. The van der Waals surface area contributed by atoms with Crippen LogP contribution in [0.4, 0.5) is 10.5 Å². The molecule has 2 amide bonds. The summed E-state index contributed by atoms with van der Waals surface area (Å²) in [5.41, 5.74) is 3.70. The predicted molar refractivity (Wildman–Crippen MR) is 122 cm³/mol. The highest BCUT2D eigenvalue weighted by Crippen LogP contribution is 2.30. The Kier molecular flexibility index (Phi) is 5.87. The van der Waals surface area contributed by atoms with Gasteiger partial charge < -0.3 is 10.1 Å². The van der Waals surface area contributed by atoms with Crippen molar-refractivity contribution in [1.29, 1.82) is 0 Å². The van der Waals surface area contributed by atoms with E-state index in [4.69, 9.17) is 4.74 Å². The second-order valence-corrected chi connectivity index (χ2v) is 9.61. The third-order valence-electron chi connectivity index (χ3n) is 6.40. The third-order valence-corrected chi connectivity index (χ3v) is 7.38. The molecule has 2 aromatic rings. The average Bonchev–Trinajstić information content (AvgIpc) is 3.38. The van der Waals surface area contributed by atoms with E-state index in [1.165, 1.54) is 17.7 Å². The minimum atomic E-state index is -0.334. The molecule has 0 bridgehead atoms. The Morgan fingerprint density at radius 3 is 2.71 bits per heavy atom. The van der Waals surface area contributed by atoms with Crippen LogP contribution in [0.3, 0.4) is 0 Å². The number of para-hydroxylation sites is 1. The number of hydrogen-bond acceptors (Lipinski definition) is 6. The van der Waals surface area contributed by atoms with Crippen LogP contribution in [-0.4, -0.2) is 46.7 Å². The molecule has 0 radical (unpaired) electrons. The van der Waals surface area contributed by atoms with Gasteiger partial charge in [-0.05, 0) is 61.4 Å². The number of likely N-dealkylation sites (tertiary alicyclic amines) is 1. The van der Waals surface area contributed by atoms with Crippen molar-refractivity contribution >= 4 is 28.6 Å². The highest BCUT2D eigenvalue weighted by atomic mass is 32.2. The Labute approximate surface area is 186 Å². The number of imide groups is 1. The third kappa shape index (κ3) is 4.57. The van der Waals surface area contributed by atoms with E-state index in [1.54, 1.807) is 0 Å². The number of nitrogens with zero attached hydrogens (tertiary/aromatic N) is 1. The summed E-state index contributed by atoms with van der Waals surface area (Å²) in [4.78, 5) is 25.6. The minimum Gasteiger partial charge on any atom is -0.492 e. The summed E-state index contributed by atoms with van der Waals surface area (Å²) in [6, 6.07) is 16.9. The molecule has 3 aliphatic rings. The number of amides is 2. The monoisotopic (exact) mass is 437 g/mol. The van der Waals surface area contributed by atoms with Crippen LogP contribution in [-0.2, 0) is 17.6 Å². The van der Waals surface area contributed by atoms with Gasteiger partial charge >= 0.3 is 0 Å². The molecule has 2 N–H and O–H groups in total. The fourth-order valence-corrected chi connectivity index (χ4v) is 5.63. The number of benzene rings is 2. The van der Waals surface area contributed by atoms with E-state index in [-0.39, 0.29) is 16.4 Å². The molecule has 5 rings (SSSR count). The van der Waals surface area contributed by atoms with E-state index in [0.29, 0.717) is 25.2 Å². The first-order valence-corrected chi connectivity index (χ1v) is 11.9. The van der Waals surface area contributed by atoms with Gasteiger partial charge in [-0.2, -0.15) is 0 Å². The minimum absolute atomic E-state index is 0.199. The van der Waals surface area contributed by atoms with Crippen LogP contribution in [0.25, 0.3) is 0 Å². The van der Waals surface area contributed by atoms with Gasteiger partial charge in [0.15, 0.2) is 0 Å². The Morgan fingerprint density at radius 2 is 1.90 bits per heavy atom. The lowest BCUT2D eigenvalue weighted by Gasteiger charge is -2.37. The van der Waals surface area contributed by atoms with Crippen molar-refractivity contribution in [2.75, 3.05) is 18.5 Å². The molecule has 0 spiro atoms. The van der Waals surface area contributed by atoms with Crippen molar-refractivity contribution in [1.82, 2.24) is 10.2 Å². The van der Waals surface area contributed by atoms with Crippen LogP contribution >= 0.6 is 11.8 Å². The highest BCUT2D eigenvalue weighted by Gasteiger charge is 2.33. The number of rotatable bonds is 6. The lowest BCUT2D eigenvalue weighted by atomic mass is 10.0.